The number of hydrogen-bond donors (Lipinski definition) is 1. The molecular formula is C15H19NO3. The van der Waals surface area contributed by atoms with Gasteiger partial charge in [-0.3, -0.25) is 4.79 Å². The largest absolute Gasteiger partial charge is 0.493 e. The molecule has 0 unspecified atom stereocenters. The summed E-state index contributed by atoms with van der Waals surface area (Å²) in [5, 5.41) is 3.90. The van der Waals surface area contributed by atoms with E-state index in [1.54, 1.807) is 7.11 Å². The Balaban J connectivity index is 2.23. The third-order valence-electron chi connectivity index (χ3n) is 3.03. The van der Waals surface area contributed by atoms with Gasteiger partial charge in [0.1, 0.15) is 5.76 Å². The van der Waals surface area contributed by atoms with E-state index in [1.165, 1.54) is 0 Å². The van der Waals surface area contributed by atoms with Crippen molar-refractivity contribution in [2.75, 3.05) is 7.11 Å². The molecule has 0 aliphatic carbocycles. The van der Waals surface area contributed by atoms with Crippen LogP contribution >= 0.6 is 0 Å². The van der Waals surface area contributed by atoms with Gasteiger partial charge in [0, 0.05) is 11.8 Å². The van der Waals surface area contributed by atoms with Crippen LogP contribution in [0.3, 0.4) is 0 Å². The molecule has 0 saturated heterocycles. The maximum atomic E-state index is 11.6. The van der Waals surface area contributed by atoms with Crippen LogP contribution in [-0.4, -0.2) is 13.0 Å². The molecule has 1 heterocycles. The third-order valence-corrected chi connectivity index (χ3v) is 3.03. The molecule has 0 saturated carbocycles. The Morgan fingerprint density at radius 1 is 1.47 bits per heavy atom. The predicted molar refractivity (Wildman–Crippen MR) is 74.2 cm³/mol. The van der Waals surface area contributed by atoms with Crippen LogP contribution < -0.4 is 10.1 Å². The van der Waals surface area contributed by atoms with Gasteiger partial charge in [-0.1, -0.05) is 19.1 Å². The minimum atomic E-state index is -0.142. The van der Waals surface area contributed by atoms with Crippen molar-refractivity contribution < 1.29 is 13.9 Å². The molecular weight excluding hydrogens is 242 g/mol. The Bertz CT molecular complexity index is 574. The average molecular weight is 261 g/mol. The number of methoxy groups -OCH3 is 1. The summed E-state index contributed by atoms with van der Waals surface area (Å²) >= 11 is 0. The van der Waals surface area contributed by atoms with E-state index in [-0.39, 0.29) is 11.9 Å². The van der Waals surface area contributed by atoms with E-state index in [1.807, 2.05) is 38.1 Å². The van der Waals surface area contributed by atoms with Gasteiger partial charge in [-0.05, 0) is 25.5 Å². The smallest absolute Gasteiger partial charge is 0.220 e. The second-order valence-electron chi connectivity index (χ2n) is 4.57. The second kappa shape index (κ2) is 5.78. The van der Waals surface area contributed by atoms with Crippen LogP contribution in [-0.2, 0) is 4.79 Å². The molecule has 0 aliphatic heterocycles. The number of hydrogen-bond acceptors (Lipinski definition) is 3. The molecule has 0 aliphatic rings. The molecule has 2 aromatic rings. The summed E-state index contributed by atoms with van der Waals surface area (Å²) in [6, 6.07) is 7.54. The Morgan fingerprint density at radius 3 is 2.95 bits per heavy atom. The summed E-state index contributed by atoms with van der Waals surface area (Å²) in [5.74, 6) is 1.49. The fourth-order valence-corrected chi connectivity index (χ4v) is 2.04. The third kappa shape index (κ3) is 2.89. The minimum Gasteiger partial charge on any atom is -0.493 e. The maximum absolute atomic E-state index is 11.6. The van der Waals surface area contributed by atoms with Gasteiger partial charge in [-0.2, -0.15) is 0 Å². The lowest BCUT2D eigenvalue weighted by molar-refractivity contribution is -0.121. The summed E-state index contributed by atoms with van der Waals surface area (Å²) in [7, 11) is 1.61. The number of ether oxygens (including phenoxy) is 1. The van der Waals surface area contributed by atoms with Crippen molar-refractivity contribution in [1.82, 2.24) is 5.32 Å². The van der Waals surface area contributed by atoms with Gasteiger partial charge in [0.2, 0.25) is 5.91 Å². The Kier molecular flexibility index (Phi) is 4.10. The van der Waals surface area contributed by atoms with Gasteiger partial charge in [0.25, 0.3) is 0 Å². The number of nitrogens with one attached hydrogen (secondary N) is 1. The first-order valence-electron chi connectivity index (χ1n) is 6.51. The van der Waals surface area contributed by atoms with Crippen molar-refractivity contribution in [2.45, 2.75) is 32.7 Å². The summed E-state index contributed by atoms with van der Waals surface area (Å²) in [4.78, 5) is 11.6. The normalized spacial score (nSPS) is 12.4. The van der Waals surface area contributed by atoms with Gasteiger partial charge < -0.3 is 14.5 Å². The molecule has 1 amide bonds. The monoisotopic (exact) mass is 261 g/mol. The second-order valence-corrected chi connectivity index (χ2v) is 4.57. The summed E-state index contributed by atoms with van der Waals surface area (Å²) in [6.07, 6.45) is 1.38. The lowest BCUT2D eigenvalue weighted by atomic mass is 10.2. The lowest BCUT2D eigenvalue weighted by Crippen LogP contribution is -2.25. The first kappa shape index (κ1) is 13.5. The summed E-state index contributed by atoms with van der Waals surface area (Å²) < 4.78 is 11.1. The fourth-order valence-electron chi connectivity index (χ4n) is 2.04. The molecule has 0 spiro atoms. The SMILES string of the molecule is CCCC(=O)N[C@@H](C)c1cc2cccc(OC)c2o1. The van der Waals surface area contributed by atoms with Crippen LogP contribution in [0.15, 0.2) is 28.7 Å². The molecule has 1 N–H and O–H groups in total. The van der Waals surface area contributed by atoms with Gasteiger partial charge in [-0.15, -0.1) is 0 Å². The average Bonchev–Trinajstić information content (AvgIpc) is 2.82. The number of fused-ring (bicyclic) bond motifs is 1. The number of carbonyl (C=O) groups is 1. The van der Waals surface area contributed by atoms with Gasteiger partial charge in [0.05, 0.1) is 13.2 Å². The number of para-hydroxylation sites is 1. The molecule has 0 fully saturated rings. The summed E-state index contributed by atoms with van der Waals surface area (Å²) in [5.41, 5.74) is 0.719. The highest BCUT2D eigenvalue weighted by Crippen LogP contribution is 2.30. The van der Waals surface area contributed by atoms with Gasteiger partial charge in [0.15, 0.2) is 11.3 Å². The topological polar surface area (TPSA) is 51.5 Å². The zero-order valence-electron chi connectivity index (χ0n) is 11.5. The van der Waals surface area contributed by atoms with E-state index in [4.69, 9.17) is 9.15 Å². The van der Waals surface area contributed by atoms with E-state index in [2.05, 4.69) is 5.32 Å². The highest BCUT2D eigenvalue weighted by molar-refractivity contribution is 5.84. The molecule has 0 bridgehead atoms. The van der Waals surface area contributed by atoms with E-state index < -0.39 is 0 Å². The molecule has 102 valence electrons. The molecule has 1 aromatic heterocycles. The van der Waals surface area contributed by atoms with Crippen molar-refractivity contribution in [1.29, 1.82) is 0 Å². The van der Waals surface area contributed by atoms with E-state index >= 15 is 0 Å². The van der Waals surface area contributed by atoms with E-state index in [0.29, 0.717) is 12.2 Å². The molecule has 4 heteroatoms. The molecule has 0 radical (unpaired) electrons. The number of benzene rings is 1. The number of rotatable bonds is 5. The molecule has 1 aromatic carbocycles. The summed E-state index contributed by atoms with van der Waals surface area (Å²) in [6.45, 7) is 3.90. The predicted octanol–water partition coefficient (Wildman–Crippen LogP) is 3.42. The number of carbonyl (C=O) groups excluding carboxylic acids is 1. The van der Waals surface area contributed by atoms with Gasteiger partial charge in [-0.25, -0.2) is 0 Å². The van der Waals surface area contributed by atoms with Crippen molar-refractivity contribution in [2.24, 2.45) is 0 Å². The first-order chi connectivity index (χ1) is 9.15. The molecule has 4 nitrogen and oxygen atoms in total. The highest BCUT2D eigenvalue weighted by Gasteiger charge is 2.15. The van der Waals surface area contributed by atoms with Crippen molar-refractivity contribution in [3.05, 3.63) is 30.0 Å². The van der Waals surface area contributed by atoms with Crippen molar-refractivity contribution in [3.8, 4) is 5.75 Å². The number of furan rings is 1. The van der Waals surface area contributed by atoms with E-state index in [0.717, 1.165) is 23.2 Å². The number of amides is 1. The van der Waals surface area contributed by atoms with Crippen LogP contribution in [0.4, 0.5) is 0 Å². The lowest BCUT2D eigenvalue weighted by Gasteiger charge is -2.10. The van der Waals surface area contributed by atoms with Crippen LogP contribution in [0, 0.1) is 0 Å². The first-order valence-corrected chi connectivity index (χ1v) is 6.51. The maximum Gasteiger partial charge on any atom is 0.220 e. The van der Waals surface area contributed by atoms with E-state index in [9.17, 15) is 4.79 Å². The van der Waals surface area contributed by atoms with Crippen molar-refractivity contribution >= 4 is 16.9 Å². The highest BCUT2D eigenvalue weighted by atomic mass is 16.5. The zero-order chi connectivity index (χ0) is 13.8. The van der Waals surface area contributed by atoms with Crippen molar-refractivity contribution in [3.63, 3.8) is 0 Å². The van der Waals surface area contributed by atoms with Crippen LogP contribution in [0.5, 0.6) is 5.75 Å². The Labute approximate surface area is 112 Å². The van der Waals surface area contributed by atoms with Crippen LogP contribution in [0.1, 0.15) is 38.5 Å². The fraction of sp³-hybridized carbons (Fsp3) is 0.400. The van der Waals surface area contributed by atoms with Crippen LogP contribution in [0.2, 0.25) is 0 Å². The molecule has 1 atom stereocenters. The Morgan fingerprint density at radius 2 is 2.26 bits per heavy atom. The van der Waals surface area contributed by atoms with Crippen LogP contribution in [0.25, 0.3) is 11.0 Å². The minimum absolute atomic E-state index is 0.0439. The van der Waals surface area contributed by atoms with Gasteiger partial charge >= 0.3 is 0 Å². The molecule has 19 heavy (non-hydrogen) atoms. The Hall–Kier alpha value is -1.97. The quantitative estimate of drug-likeness (QED) is 0.897. The zero-order valence-corrected chi connectivity index (χ0v) is 11.5. The standard InChI is InChI=1S/C15H19NO3/c1-4-6-14(17)16-10(2)13-9-11-7-5-8-12(18-3)15(11)19-13/h5,7-10H,4,6H2,1-3H3,(H,16,17)/t10-/m0/s1. The molecule has 2 rings (SSSR count).